The topological polar surface area (TPSA) is 29.1 Å². The molecule has 0 aliphatic heterocycles. The number of fused-ring (bicyclic) bond motifs is 1. The zero-order chi connectivity index (χ0) is 14.7. The Bertz CT molecular complexity index is 798. The normalized spacial score (nSPS) is 10.5. The highest BCUT2D eigenvalue weighted by molar-refractivity contribution is 7.98. The third-order valence-corrected chi connectivity index (χ3v) is 4.16. The van der Waals surface area contributed by atoms with Gasteiger partial charge in [0.2, 0.25) is 0 Å². The first kappa shape index (κ1) is 13.7. The Morgan fingerprint density at radius 1 is 0.905 bits per heavy atom. The number of para-hydroxylation sites is 1. The van der Waals surface area contributed by atoms with Gasteiger partial charge in [0.05, 0.1) is 5.69 Å². The second-order valence-corrected chi connectivity index (χ2v) is 5.56. The maximum absolute atomic E-state index is 12.4. The van der Waals surface area contributed by atoms with Crippen molar-refractivity contribution in [3.8, 4) is 0 Å². The molecule has 0 atom stereocenters. The minimum atomic E-state index is -0.0812. The third kappa shape index (κ3) is 2.93. The van der Waals surface area contributed by atoms with Gasteiger partial charge in [-0.15, -0.1) is 11.8 Å². The van der Waals surface area contributed by atoms with Crippen molar-refractivity contribution in [3.63, 3.8) is 0 Å². The molecule has 0 saturated heterocycles. The van der Waals surface area contributed by atoms with Gasteiger partial charge in [-0.05, 0) is 41.3 Å². The van der Waals surface area contributed by atoms with E-state index in [4.69, 9.17) is 0 Å². The van der Waals surface area contributed by atoms with Crippen LogP contribution in [-0.2, 0) is 0 Å². The summed E-state index contributed by atoms with van der Waals surface area (Å²) >= 11 is 1.62. The van der Waals surface area contributed by atoms with Crippen molar-refractivity contribution in [2.75, 3.05) is 11.6 Å². The fourth-order valence-corrected chi connectivity index (χ4v) is 2.83. The molecule has 2 nitrogen and oxygen atoms in total. The molecular weight excluding hydrogens is 278 g/mol. The molecule has 0 spiro atoms. The number of hydrogen-bond acceptors (Lipinski definition) is 2. The van der Waals surface area contributed by atoms with Crippen molar-refractivity contribution >= 4 is 34.1 Å². The molecule has 3 heteroatoms. The van der Waals surface area contributed by atoms with Crippen molar-refractivity contribution in [1.29, 1.82) is 0 Å². The highest BCUT2D eigenvalue weighted by Gasteiger charge is 2.09. The largest absolute Gasteiger partial charge is 0.321 e. The molecule has 3 aromatic rings. The summed E-state index contributed by atoms with van der Waals surface area (Å²) < 4.78 is 0. The summed E-state index contributed by atoms with van der Waals surface area (Å²) in [4.78, 5) is 13.5. The van der Waals surface area contributed by atoms with Gasteiger partial charge in [0, 0.05) is 10.5 Å². The molecule has 3 rings (SSSR count). The predicted molar refractivity (Wildman–Crippen MR) is 90.1 cm³/mol. The van der Waals surface area contributed by atoms with E-state index < -0.39 is 0 Å². The van der Waals surface area contributed by atoms with Crippen LogP contribution in [-0.4, -0.2) is 12.2 Å². The number of amides is 1. The Kier molecular flexibility index (Phi) is 3.93. The summed E-state index contributed by atoms with van der Waals surface area (Å²) in [5, 5.41) is 5.19. The van der Waals surface area contributed by atoms with Gasteiger partial charge in [0.15, 0.2) is 0 Å². The van der Waals surface area contributed by atoms with Crippen LogP contribution in [0.25, 0.3) is 10.8 Å². The molecular formula is C18H15NOS. The Morgan fingerprint density at radius 3 is 2.43 bits per heavy atom. The average molecular weight is 293 g/mol. The van der Waals surface area contributed by atoms with Gasteiger partial charge in [-0.3, -0.25) is 4.79 Å². The summed E-state index contributed by atoms with van der Waals surface area (Å²) in [6.45, 7) is 0. The molecule has 0 aliphatic rings. The summed E-state index contributed by atoms with van der Waals surface area (Å²) in [6, 6.07) is 21.6. The van der Waals surface area contributed by atoms with E-state index in [1.807, 2.05) is 73.0 Å². The van der Waals surface area contributed by atoms with Gasteiger partial charge < -0.3 is 5.32 Å². The zero-order valence-electron chi connectivity index (χ0n) is 11.7. The number of rotatable bonds is 3. The zero-order valence-corrected chi connectivity index (χ0v) is 12.5. The molecule has 3 aromatic carbocycles. The van der Waals surface area contributed by atoms with E-state index in [1.54, 1.807) is 11.8 Å². The maximum atomic E-state index is 12.4. The van der Waals surface area contributed by atoms with Gasteiger partial charge in [0.25, 0.3) is 5.91 Å². The minimum absolute atomic E-state index is 0.0812. The van der Waals surface area contributed by atoms with E-state index >= 15 is 0 Å². The van der Waals surface area contributed by atoms with Crippen LogP contribution in [0.2, 0.25) is 0 Å². The molecule has 0 unspecified atom stereocenters. The first-order valence-corrected chi connectivity index (χ1v) is 7.93. The molecule has 1 N–H and O–H groups in total. The van der Waals surface area contributed by atoms with Gasteiger partial charge in [-0.25, -0.2) is 0 Å². The Balaban J connectivity index is 1.90. The van der Waals surface area contributed by atoms with Crippen molar-refractivity contribution in [2.24, 2.45) is 0 Å². The lowest BCUT2D eigenvalue weighted by Gasteiger charge is -2.09. The van der Waals surface area contributed by atoms with E-state index in [9.17, 15) is 4.79 Å². The third-order valence-electron chi connectivity index (χ3n) is 3.37. The first-order valence-electron chi connectivity index (χ1n) is 6.71. The fraction of sp³-hybridized carbons (Fsp3) is 0.0556. The lowest BCUT2D eigenvalue weighted by molar-refractivity contribution is 0.102. The standard InChI is InChI=1S/C18H15NOS/c1-21-17-9-5-4-8-16(17)19-18(20)15-11-10-13-6-2-3-7-14(13)12-15/h2-12H,1H3,(H,19,20). The van der Waals surface area contributed by atoms with E-state index in [2.05, 4.69) is 5.32 Å². The van der Waals surface area contributed by atoms with Crippen molar-refractivity contribution < 1.29 is 4.79 Å². The van der Waals surface area contributed by atoms with Crippen LogP contribution in [0.5, 0.6) is 0 Å². The molecule has 0 aromatic heterocycles. The highest BCUT2D eigenvalue weighted by atomic mass is 32.2. The number of nitrogens with one attached hydrogen (secondary N) is 1. The van der Waals surface area contributed by atoms with Crippen molar-refractivity contribution in [3.05, 3.63) is 72.3 Å². The van der Waals surface area contributed by atoms with E-state index in [0.29, 0.717) is 5.56 Å². The lowest BCUT2D eigenvalue weighted by atomic mass is 10.1. The molecule has 0 aliphatic carbocycles. The summed E-state index contributed by atoms with van der Waals surface area (Å²) in [5.74, 6) is -0.0812. The van der Waals surface area contributed by atoms with Crippen LogP contribution in [0, 0.1) is 0 Å². The predicted octanol–water partition coefficient (Wildman–Crippen LogP) is 4.81. The molecule has 1 amide bonds. The fourth-order valence-electron chi connectivity index (χ4n) is 2.27. The number of anilines is 1. The Morgan fingerprint density at radius 2 is 1.62 bits per heavy atom. The minimum Gasteiger partial charge on any atom is -0.321 e. The summed E-state index contributed by atoms with van der Waals surface area (Å²) in [7, 11) is 0. The van der Waals surface area contributed by atoms with Crippen LogP contribution < -0.4 is 5.32 Å². The van der Waals surface area contributed by atoms with Gasteiger partial charge in [-0.2, -0.15) is 0 Å². The summed E-state index contributed by atoms with van der Waals surface area (Å²) in [6.07, 6.45) is 2.00. The summed E-state index contributed by atoms with van der Waals surface area (Å²) in [5.41, 5.74) is 1.52. The monoisotopic (exact) mass is 293 g/mol. The number of thioether (sulfide) groups is 1. The Hall–Kier alpha value is -2.26. The molecule has 0 bridgehead atoms. The lowest BCUT2D eigenvalue weighted by Crippen LogP contribution is -2.12. The van der Waals surface area contributed by atoms with Gasteiger partial charge in [0.1, 0.15) is 0 Å². The van der Waals surface area contributed by atoms with Gasteiger partial charge in [-0.1, -0.05) is 42.5 Å². The Labute approximate surface area is 128 Å². The number of hydrogen-bond donors (Lipinski definition) is 1. The molecule has 0 radical (unpaired) electrons. The SMILES string of the molecule is CSc1ccccc1NC(=O)c1ccc2ccccc2c1. The molecule has 21 heavy (non-hydrogen) atoms. The van der Waals surface area contributed by atoms with Crippen LogP contribution in [0.15, 0.2) is 71.6 Å². The molecule has 0 heterocycles. The average Bonchev–Trinajstić information content (AvgIpc) is 2.55. The number of benzene rings is 3. The van der Waals surface area contributed by atoms with Crippen molar-refractivity contribution in [1.82, 2.24) is 0 Å². The van der Waals surface area contributed by atoms with E-state index in [-0.39, 0.29) is 5.91 Å². The van der Waals surface area contributed by atoms with E-state index in [0.717, 1.165) is 21.4 Å². The smallest absolute Gasteiger partial charge is 0.255 e. The number of carbonyl (C=O) groups excluding carboxylic acids is 1. The van der Waals surface area contributed by atoms with Crippen LogP contribution >= 0.6 is 11.8 Å². The first-order chi connectivity index (χ1) is 10.3. The second-order valence-electron chi connectivity index (χ2n) is 4.72. The number of carbonyl (C=O) groups is 1. The van der Waals surface area contributed by atoms with E-state index in [1.165, 1.54) is 0 Å². The highest BCUT2D eigenvalue weighted by Crippen LogP contribution is 2.25. The van der Waals surface area contributed by atoms with Crippen LogP contribution in [0.4, 0.5) is 5.69 Å². The van der Waals surface area contributed by atoms with Gasteiger partial charge >= 0.3 is 0 Å². The molecule has 104 valence electrons. The molecule has 0 fully saturated rings. The second kappa shape index (κ2) is 6.02. The quantitative estimate of drug-likeness (QED) is 0.702. The molecule has 0 saturated carbocycles. The van der Waals surface area contributed by atoms with Crippen LogP contribution in [0.1, 0.15) is 10.4 Å². The van der Waals surface area contributed by atoms with Crippen molar-refractivity contribution in [2.45, 2.75) is 4.90 Å². The van der Waals surface area contributed by atoms with Crippen LogP contribution in [0.3, 0.4) is 0 Å². The maximum Gasteiger partial charge on any atom is 0.255 e.